The fraction of sp³-hybridized carbons (Fsp3) is 0.348. The SMILES string of the molecule is CC(Nc1ncnc2nc[nH]c12)c1cc(Cl)c2cccnc2c1N1CCC(N(C)C(=O)O)CC1. The van der Waals surface area contributed by atoms with Gasteiger partial charge in [0.15, 0.2) is 11.5 Å². The van der Waals surface area contributed by atoms with E-state index in [1.807, 2.05) is 18.2 Å². The number of hydrogen-bond acceptors (Lipinski definition) is 7. The average Bonchev–Trinajstić information content (AvgIpc) is 3.34. The number of carbonyl (C=O) groups is 1. The van der Waals surface area contributed by atoms with Crippen molar-refractivity contribution in [2.75, 3.05) is 30.4 Å². The van der Waals surface area contributed by atoms with Crippen LogP contribution in [0.1, 0.15) is 31.4 Å². The van der Waals surface area contributed by atoms with Crippen LogP contribution < -0.4 is 10.2 Å². The molecular formula is C23H25ClN8O2. The summed E-state index contributed by atoms with van der Waals surface area (Å²) in [6, 6.07) is 5.68. The lowest BCUT2D eigenvalue weighted by Crippen LogP contribution is -2.45. The Balaban J connectivity index is 1.52. The lowest BCUT2D eigenvalue weighted by molar-refractivity contribution is 0.131. The molecule has 1 fully saturated rings. The zero-order chi connectivity index (χ0) is 23.8. The predicted molar refractivity (Wildman–Crippen MR) is 131 cm³/mol. The van der Waals surface area contributed by atoms with Crippen LogP contribution in [-0.4, -0.2) is 67.2 Å². The van der Waals surface area contributed by atoms with Crippen LogP contribution >= 0.6 is 11.6 Å². The van der Waals surface area contributed by atoms with Crippen molar-refractivity contribution >= 4 is 51.3 Å². The number of rotatable bonds is 5. The third-order valence-corrected chi connectivity index (χ3v) is 6.83. The number of benzene rings is 1. The molecule has 11 heteroatoms. The van der Waals surface area contributed by atoms with Crippen LogP contribution in [-0.2, 0) is 0 Å². The molecule has 1 saturated heterocycles. The first-order valence-electron chi connectivity index (χ1n) is 11.1. The number of nitrogens with one attached hydrogen (secondary N) is 2. The highest BCUT2D eigenvalue weighted by atomic mass is 35.5. The first kappa shape index (κ1) is 22.1. The van der Waals surface area contributed by atoms with Gasteiger partial charge in [0.2, 0.25) is 0 Å². The Bertz CT molecular complexity index is 1350. The Morgan fingerprint density at radius 2 is 2.09 bits per heavy atom. The minimum atomic E-state index is -0.898. The lowest BCUT2D eigenvalue weighted by Gasteiger charge is -2.38. The average molecular weight is 481 g/mol. The molecule has 1 unspecified atom stereocenters. The van der Waals surface area contributed by atoms with E-state index in [1.165, 1.54) is 11.2 Å². The summed E-state index contributed by atoms with van der Waals surface area (Å²) in [6.07, 6.45) is 5.43. The van der Waals surface area contributed by atoms with E-state index in [4.69, 9.17) is 16.6 Å². The minimum absolute atomic E-state index is 0.00560. The zero-order valence-electron chi connectivity index (χ0n) is 18.9. The maximum atomic E-state index is 11.4. The van der Waals surface area contributed by atoms with E-state index in [2.05, 4.69) is 37.1 Å². The van der Waals surface area contributed by atoms with Gasteiger partial charge in [-0.2, -0.15) is 0 Å². The van der Waals surface area contributed by atoms with E-state index in [-0.39, 0.29) is 12.1 Å². The Morgan fingerprint density at radius 3 is 2.85 bits per heavy atom. The Morgan fingerprint density at radius 1 is 1.29 bits per heavy atom. The highest BCUT2D eigenvalue weighted by Gasteiger charge is 2.29. The highest BCUT2D eigenvalue weighted by Crippen LogP contribution is 2.40. The maximum Gasteiger partial charge on any atom is 0.407 e. The topological polar surface area (TPSA) is 123 Å². The molecule has 1 amide bonds. The number of halogens is 1. The standard InChI is InChI=1S/C23H25ClN8O2/c1-13(30-22-19-21(27-11-26-19)28-12-29-22)16-10-17(24)15-4-3-7-25-18(15)20(16)32-8-5-14(6-9-32)31(2)23(33)34/h3-4,7,10-14H,5-6,8-9H2,1-2H3,(H,33,34)(H2,26,27,28,29,30). The fourth-order valence-corrected chi connectivity index (χ4v) is 4.93. The van der Waals surface area contributed by atoms with Gasteiger partial charge in [0, 0.05) is 43.3 Å². The Kier molecular flexibility index (Phi) is 5.82. The van der Waals surface area contributed by atoms with E-state index in [1.54, 1.807) is 19.6 Å². The van der Waals surface area contributed by atoms with Crippen LogP contribution in [0.2, 0.25) is 5.02 Å². The van der Waals surface area contributed by atoms with Crippen LogP contribution in [0.5, 0.6) is 0 Å². The number of pyridine rings is 1. The largest absolute Gasteiger partial charge is 0.465 e. The molecule has 176 valence electrons. The monoisotopic (exact) mass is 480 g/mol. The molecule has 1 aliphatic heterocycles. The molecule has 3 N–H and O–H groups in total. The highest BCUT2D eigenvalue weighted by molar-refractivity contribution is 6.36. The molecule has 10 nitrogen and oxygen atoms in total. The molecule has 0 spiro atoms. The van der Waals surface area contributed by atoms with Crippen LogP contribution in [0.25, 0.3) is 22.1 Å². The molecule has 0 radical (unpaired) electrons. The number of imidazole rings is 1. The van der Waals surface area contributed by atoms with Gasteiger partial charge in [-0.3, -0.25) is 4.98 Å². The number of aromatic amines is 1. The second kappa shape index (κ2) is 8.94. The van der Waals surface area contributed by atoms with E-state index in [0.29, 0.717) is 29.6 Å². The number of amides is 1. The van der Waals surface area contributed by atoms with Gasteiger partial charge in [0.1, 0.15) is 11.8 Å². The van der Waals surface area contributed by atoms with Gasteiger partial charge in [-0.1, -0.05) is 11.6 Å². The summed E-state index contributed by atoms with van der Waals surface area (Å²) in [5.41, 5.74) is 4.16. The van der Waals surface area contributed by atoms with Gasteiger partial charge >= 0.3 is 6.09 Å². The number of nitrogens with zero attached hydrogens (tertiary/aromatic N) is 6. The van der Waals surface area contributed by atoms with Crippen molar-refractivity contribution in [1.82, 2.24) is 29.8 Å². The maximum absolute atomic E-state index is 11.4. The quantitative estimate of drug-likeness (QED) is 0.386. The number of hydrogen-bond donors (Lipinski definition) is 3. The first-order chi connectivity index (χ1) is 16.4. The molecule has 0 aliphatic carbocycles. The van der Waals surface area contributed by atoms with Crippen LogP contribution in [0.4, 0.5) is 16.3 Å². The summed E-state index contributed by atoms with van der Waals surface area (Å²) >= 11 is 6.70. The van der Waals surface area contributed by atoms with Gasteiger partial charge in [0.25, 0.3) is 0 Å². The van der Waals surface area contributed by atoms with E-state index >= 15 is 0 Å². The van der Waals surface area contributed by atoms with Crippen molar-refractivity contribution in [3.8, 4) is 0 Å². The van der Waals surface area contributed by atoms with Crippen molar-refractivity contribution in [3.63, 3.8) is 0 Å². The van der Waals surface area contributed by atoms with Crippen LogP contribution in [0, 0.1) is 0 Å². The Hall–Kier alpha value is -3.66. The molecule has 4 aromatic rings. The zero-order valence-corrected chi connectivity index (χ0v) is 19.6. The number of carboxylic acid groups (broad SMARTS) is 1. The molecule has 0 saturated carbocycles. The van der Waals surface area contributed by atoms with Crippen molar-refractivity contribution in [3.05, 3.63) is 47.6 Å². The van der Waals surface area contributed by atoms with Gasteiger partial charge in [-0.15, -0.1) is 0 Å². The molecule has 1 atom stereocenters. The molecule has 1 aliphatic rings. The van der Waals surface area contributed by atoms with E-state index < -0.39 is 6.09 Å². The van der Waals surface area contributed by atoms with Crippen molar-refractivity contribution in [2.45, 2.75) is 31.8 Å². The van der Waals surface area contributed by atoms with Gasteiger partial charge in [-0.25, -0.2) is 19.7 Å². The summed E-state index contributed by atoms with van der Waals surface area (Å²) in [5.74, 6) is 0.653. The summed E-state index contributed by atoms with van der Waals surface area (Å²) in [5, 5.41) is 14.4. The molecular weight excluding hydrogens is 456 g/mol. The third kappa shape index (κ3) is 3.94. The molecule has 0 bridgehead atoms. The number of H-pyrrole nitrogens is 1. The molecule has 1 aromatic carbocycles. The third-order valence-electron chi connectivity index (χ3n) is 6.52. The Labute approximate surface area is 201 Å². The molecule has 3 aromatic heterocycles. The van der Waals surface area contributed by atoms with Crippen LogP contribution in [0.15, 0.2) is 37.1 Å². The number of anilines is 2. The molecule has 34 heavy (non-hydrogen) atoms. The van der Waals surface area contributed by atoms with Gasteiger partial charge in [-0.05, 0) is 38.0 Å². The lowest BCUT2D eigenvalue weighted by atomic mass is 9.97. The number of piperidine rings is 1. The van der Waals surface area contributed by atoms with Crippen LogP contribution in [0.3, 0.4) is 0 Å². The van der Waals surface area contributed by atoms with Gasteiger partial charge in [0.05, 0.1) is 28.6 Å². The second-order valence-corrected chi connectivity index (χ2v) is 8.90. The summed E-state index contributed by atoms with van der Waals surface area (Å²) in [7, 11) is 1.64. The smallest absolute Gasteiger partial charge is 0.407 e. The molecule has 5 rings (SSSR count). The number of fused-ring (bicyclic) bond motifs is 2. The van der Waals surface area contributed by atoms with E-state index in [9.17, 15) is 9.90 Å². The predicted octanol–water partition coefficient (Wildman–Crippen LogP) is 4.31. The normalized spacial score (nSPS) is 15.6. The summed E-state index contributed by atoms with van der Waals surface area (Å²) in [4.78, 5) is 35.7. The summed E-state index contributed by atoms with van der Waals surface area (Å²) < 4.78 is 0. The minimum Gasteiger partial charge on any atom is -0.465 e. The van der Waals surface area contributed by atoms with Gasteiger partial charge < -0.3 is 25.2 Å². The molecule has 4 heterocycles. The van der Waals surface area contributed by atoms with Crippen molar-refractivity contribution in [2.24, 2.45) is 0 Å². The van der Waals surface area contributed by atoms with Crippen molar-refractivity contribution < 1.29 is 9.90 Å². The first-order valence-corrected chi connectivity index (χ1v) is 11.5. The summed E-state index contributed by atoms with van der Waals surface area (Å²) in [6.45, 7) is 3.49. The second-order valence-electron chi connectivity index (χ2n) is 8.50. The van der Waals surface area contributed by atoms with Crippen molar-refractivity contribution in [1.29, 1.82) is 0 Å². The number of aromatic nitrogens is 5. The van der Waals surface area contributed by atoms with E-state index in [0.717, 1.165) is 40.5 Å². The fourth-order valence-electron chi connectivity index (χ4n) is 4.66.